The van der Waals surface area contributed by atoms with Crippen LogP contribution in [0.3, 0.4) is 0 Å². The SMILES string of the molecule is Cc1ccc(F)c(C(Br)Cc2ccc(Cl)cc2)c1. The summed E-state index contributed by atoms with van der Waals surface area (Å²) < 4.78 is 13.7. The first-order valence-electron chi connectivity index (χ1n) is 5.71. The molecule has 94 valence electrons. The van der Waals surface area contributed by atoms with E-state index in [-0.39, 0.29) is 10.6 Å². The molecular weight excluding hydrogens is 315 g/mol. The molecule has 0 saturated heterocycles. The maximum Gasteiger partial charge on any atom is 0.127 e. The van der Waals surface area contributed by atoms with E-state index in [0.717, 1.165) is 17.5 Å². The summed E-state index contributed by atoms with van der Waals surface area (Å²) in [5.74, 6) is -0.170. The van der Waals surface area contributed by atoms with Crippen LogP contribution in [0.4, 0.5) is 4.39 Å². The van der Waals surface area contributed by atoms with E-state index in [0.29, 0.717) is 10.6 Å². The highest BCUT2D eigenvalue weighted by molar-refractivity contribution is 9.09. The van der Waals surface area contributed by atoms with E-state index in [1.807, 2.05) is 37.3 Å². The number of halogens is 3. The van der Waals surface area contributed by atoms with Gasteiger partial charge < -0.3 is 0 Å². The molecule has 0 aromatic heterocycles. The summed E-state index contributed by atoms with van der Waals surface area (Å²) in [7, 11) is 0. The topological polar surface area (TPSA) is 0 Å². The predicted molar refractivity (Wildman–Crippen MR) is 78.0 cm³/mol. The molecule has 0 spiro atoms. The zero-order chi connectivity index (χ0) is 13.1. The van der Waals surface area contributed by atoms with Gasteiger partial charge in [0, 0.05) is 15.4 Å². The molecule has 0 aliphatic carbocycles. The van der Waals surface area contributed by atoms with E-state index in [9.17, 15) is 4.39 Å². The predicted octanol–water partition coefficient (Wildman–Crippen LogP) is 5.47. The van der Waals surface area contributed by atoms with E-state index in [1.54, 1.807) is 6.07 Å². The van der Waals surface area contributed by atoms with Gasteiger partial charge in [-0.2, -0.15) is 0 Å². The first-order chi connectivity index (χ1) is 8.56. The monoisotopic (exact) mass is 326 g/mol. The second-order valence-corrected chi connectivity index (χ2v) is 5.86. The van der Waals surface area contributed by atoms with Gasteiger partial charge in [-0.25, -0.2) is 4.39 Å². The van der Waals surface area contributed by atoms with Crippen LogP contribution in [0.2, 0.25) is 5.02 Å². The van der Waals surface area contributed by atoms with Gasteiger partial charge in [0.25, 0.3) is 0 Å². The molecule has 18 heavy (non-hydrogen) atoms. The average Bonchev–Trinajstić information content (AvgIpc) is 2.35. The van der Waals surface area contributed by atoms with E-state index >= 15 is 0 Å². The Labute approximate surface area is 120 Å². The highest BCUT2D eigenvalue weighted by Gasteiger charge is 2.13. The van der Waals surface area contributed by atoms with Crippen molar-refractivity contribution in [3.05, 3.63) is 70.0 Å². The van der Waals surface area contributed by atoms with Gasteiger partial charge >= 0.3 is 0 Å². The number of benzene rings is 2. The van der Waals surface area contributed by atoms with Gasteiger partial charge in [-0.15, -0.1) is 0 Å². The minimum Gasteiger partial charge on any atom is -0.207 e. The molecule has 0 aliphatic heterocycles. The van der Waals surface area contributed by atoms with Gasteiger partial charge in [-0.3, -0.25) is 0 Å². The number of aryl methyl sites for hydroxylation is 1. The van der Waals surface area contributed by atoms with Gasteiger partial charge in [0.05, 0.1) is 0 Å². The molecule has 0 heterocycles. The second-order valence-electron chi connectivity index (χ2n) is 4.32. The fraction of sp³-hybridized carbons (Fsp3) is 0.200. The molecule has 0 saturated carbocycles. The summed E-state index contributed by atoms with van der Waals surface area (Å²) in [6.45, 7) is 1.96. The molecular formula is C15H13BrClF. The number of hydrogen-bond acceptors (Lipinski definition) is 0. The Morgan fingerprint density at radius 1 is 1.17 bits per heavy atom. The van der Waals surface area contributed by atoms with Crippen molar-refractivity contribution in [1.29, 1.82) is 0 Å². The number of hydrogen-bond donors (Lipinski definition) is 0. The minimum absolute atomic E-state index is 0.0291. The molecule has 0 fully saturated rings. The lowest BCUT2D eigenvalue weighted by molar-refractivity contribution is 0.607. The maximum absolute atomic E-state index is 13.7. The normalized spacial score (nSPS) is 12.4. The number of alkyl halides is 1. The Morgan fingerprint density at radius 3 is 2.50 bits per heavy atom. The Kier molecular flexibility index (Phi) is 4.41. The third-order valence-corrected chi connectivity index (χ3v) is 3.89. The van der Waals surface area contributed by atoms with Crippen molar-refractivity contribution in [3.63, 3.8) is 0 Å². The largest absolute Gasteiger partial charge is 0.207 e. The zero-order valence-corrected chi connectivity index (χ0v) is 12.3. The van der Waals surface area contributed by atoms with Crippen molar-refractivity contribution in [2.24, 2.45) is 0 Å². The lowest BCUT2D eigenvalue weighted by Crippen LogP contribution is -1.99. The van der Waals surface area contributed by atoms with Gasteiger partial charge in [0.1, 0.15) is 5.82 Å². The van der Waals surface area contributed by atoms with Gasteiger partial charge in [0.2, 0.25) is 0 Å². The van der Waals surface area contributed by atoms with E-state index in [4.69, 9.17) is 11.6 Å². The van der Waals surface area contributed by atoms with Crippen LogP contribution in [0.25, 0.3) is 0 Å². The Morgan fingerprint density at radius 2 is 1.83 bits per heavy atom. The summed E-state index contributed by atoms with van der Waals surface area (Å²) in [5.41, 5.74) is 2.89. The molecule has 2 aromatic carbocycles. The van der Waals surface area contributed by atoms with Crippen LogP contribution in [0.5, 0.6) is 0 Å². The Bertz CT molecular complexity index is 537. The number of rotatable bonds is 3. The molecule has 0 radical (unpaired) electrons. The molecule has 0 aliphatic rings. The molecule has 2 rings (SSSR count). The lowest BCUT2D eigenvalue weighted by atomic mass is 10.0. The quantitative estimate of drug-likeness (QED) is 0.656. The molecule has 0 nitrogen and oxygen atoms in total. The third-order valence-electron chi connectivity index (χ3n) is 2.82. The standard InChI is InChI=1S/C15H13BrClF/c1-10-2-7-15(18)13(8-10)14(16)9-11-3-5-12(17)6-4-11/h2-8,14H,9H2,1H3. The Balaban J connectivity index is 2.18. The fourth-order valence-electron chi connectivity index (χ4n) is 1.84. The summed E-state index contributed by atoms with van der Waals surface area (Å²) >= 11 is 9.39. The average molecular weight is 328 g/mol. The van der Waals surface area contributed by atoms with Crippen LogP contribution in [-0.2, 0) is 6.42 Å². The van der Waals surface area contributed by atoms with Crippen LogP contribution in [0.15, 0.2) is 42.5 Å². The van der Waals surface area contributed by atoms with Gasteiger partial charge in [-0.1, -0.05) is 57.4 Å². The first kappa shape index (κ1) is 13.6. The van der Waals surface area contributed by atoms with E-state index in [2.05, 4.69) is 15.9 Å². The zero-order valence-electron chi connectivity index (χ0n) is 9.96. The smallest absolute Gasteiger partial charge is 0.127 e. The fourth-order valence-corrected chi connectivity index (χ4v) is 2.69. The summed E-state index contributed by atoms with van der Waals surface area (Å²) in [5, 5.41) is 0.714. The van der Waals surface area contributed by atoms with Gasteiger partial charge in [-0.05, 0) is 37.1 Å². The van der Waals surface area contributed by atoms with Crippen molar-refractivity contribution in [1.82, 2.24) is 0 Å². The highest BCUT2D eigenvalue weighted by atomic mass is 79.9. The molecule has 2 aromatic rings. The molecule has 1 unspecified atom stereocenters. The highest BCUT2D eigenvalue weighted by Crippen LogP contribution is 2.30. The maximum atomic E-state index is 13.7. The second kappa shape index (κ2) is 5.85. The van der Waals surface area contributed by atoms with Gasteiger partial charge in [0.15, 0.2) is 0 Å². The van der Waals surface area contributed by atoms with Crippen LogP contribution in [0, 0.1) is 12.7 Å². The Hall–Kier alpha value is -0.860. The third kappa shape index (κ3) is 3.33. The van der Waals surface area contributed by atoms with Crippen molar-refractivity contribution in [2.45, 2.75) is 18.2 Å². The van der Waals surface area contributed by atoms with Crippen LogP contribution in [-0.4, -0.2) is 0 Å². The van der Waals surface area contributed by atoms with Crippen molar-refractivity contribution < 1.29 is 4.39 Å². The summed E-state index contributed by atoms with van der Waals surface area (Å²) in [6.07, 6.45) is 0.734. The molecule has 0 bridgehead atoms. The first-order valence-corrected chi connectivity index (χ1v) is 7.00. The van der Waals surface area contributed by atoms with E-state index in [1.165, 1.54) is 6.07 Å². The minimum atomic E-state index is -0.170. The van der Waals surface area contributed by atoms with Crippen LogP contribution < -0.4 is 0 Å². The molecule has 1 atom stereocenters. The van der Waals surface area contributed by atoms with Crippen molar-refractivity contribution >= 4 is 27.5 Å². The lowest BCUT2D eigenvalue weighted by Gasteiger charge is -2.12. The van der Waals surface area contributed by atoms with E-state index < -0.39 is 0 Å². The summed E-state index contributed by atoms with van der Waals surface area (Å²) in [4.78, 5) is -0.0291. The molecule has 0 amide bonds. The molecule has 3 heteroatoms. The van der Waals surface area contributed by atoms with Crippen LogP contribution >= 0.6 is 27.5 Å². The summed E-state index contributed by atoms with van der Waals surface area (Å²) in [6, 6.07) is 12.8. The molecule has 0 N–H and O–H groups in total. The van der Waals surface area contributed by atoms with Crippen molar-refractivity contribution in [2.75, 3.05) is 0 Å². The van der Waals surface area contributed by atoms with Crippen molar-refractivity contribution in [3.8, 4) is 0 Å². The van der Waals surface area contributed by atoms with Crippen LogP contribution in [0.1, 0.15) is 21.5 Å².